The van der Waals surface area contributed by atoms with Crippen molar-refractivity contribution in [3.63, 3.8) is 0 Å². The van der Waals surface area contributed by atoms with E-state index in [1.165, 1.54) is 16.2 Å². The van der Waals surface area contributed by atoms with E-state index in [1.807, 2.05) is 30.5 Å². The maximum Gasteiger partial charge on any atom is 0.261 e. The molecule has 7 heteroatoms. The van der Waals surface area contributed by atoms with Crippen LogP contribution in [-0.4, -0.2) is 49.7 Å². The number of fused-ring (bicyclic) bond motifs is 3. The first-order valence-electron chi connectivity index (χ1n) is 12.8. The molecule has 4 aromatic rings. The van der Waals surface area contributed by atoms with Crippen molar-refractivity contribution in [1.29, 1.82) is 0 Å². The molecule has 1 N–H and O–H groups in total. The van der Waals surface area contributed by atoms with E-state index in [0.717, 1.165) is 55.5 Å². The maximum absolute atomic E-state index is 12.7. The number of carbonyl (C=O) groups is 2. The van der Waals surface area contributed by atoms with Crippen molar-refractivity contribution in [3.05, 3.63) is 95.1 Å². The summed E-state index contributed by atoms with van der Waals surface area (Å²) in [5, 5.41) is 0. The Hall–Kier alpha value is -3.84. The Balaban J connectivity index is 1.17. The molecule has 1 aliphatic heterocycles. The fourth-order valence-corrected chi connectivity index (χ4v) is 5.59. The Labute approximate surface area is 210 Å². The van der Waals surface area contributed by atoms with Gasteiger partial charge in [0.25, 0.3) is 11.8 Å². The summed E-state index contributed by atoms with van der Waals surface area (Å²) in [6, 6.07) is 19.6. The fraction of sp³-hybridized carbons (Fsp3) is 0.310. The molecule has 36 heavy (non-hydrogen) atoms. The summed E-state index contributed by atoms with van der Waals surface area (Å²) in [6.07, 6.45) is 6.77. The summed E-state index contributed by atoms with van der Waals surface area (Å²) >= 11 is 0. The number of H-pyrrole nitrogens is 1. The van der Waals surface area contributed by atoms with Gasteiger partial charge in [-0.25, -0.2) is 4.98 Å². The molecular formula is C29H29N5O2. The molecule has 0 saturated carbocycles. The average Bonchev–Trinajstić information content (AvgIpc) is 3.44. The number of unbranched alkanes of at least 4 members (excludes halogenated alkanes) is 1. The van der Waals surface area contributed by atoms with Crippen molar-refractivity contribution in [3.8, 4) is 0 Å². The number of pyridine rings is 1. The lowest BCUT2D eigenvalue weighted by Crippen LogP contribution is -2.34. The lowest BCUT2D eigenvalue weighted by Gasteiger charge is -2.34. The van der Waals surface area contributed by atoms with Crippen LogP contribution in [0.1, 0.15) is 69.5 Å². The monoisotopic (exact) mass is 479 g/mol. The minimum atomic E-state index is -0.180. The summed E-state index contributed by atoms with van der Waals surface area (Å²) in [5.41, 5.74) is 5.54. The van der Waals surface area contributed by atoms with Gasteiger partial charge in [-0.05, 0) is 74.5 Å². The van der Waals surface area contributed by atoms with Crippen molar-refractivity contribution in [2.24, 2.45) is 0 Å². The molecule has 182 valence electrons. The summed E-state index contributed by atoms with van der Waals surface area (Å²) < 4.78 is 0. The molecule has 0 spiro atoms. The molecule has 0 bridgehead atoms. The van der Waals surface area contributed by atoms with Crippen LogP contribution in [0, 0.1) is 0 Å². The van der Waals surface area contributed by atoms with Gasteiger partial charge in [-0.2, -0.15) is 0 Å². The molecule has 2 aliphatic rings. The van der Waals surface area contributed by atoms with Crippen molar-refractivity contribution < 1.29 is 9.59 Å². The van der Waals surface area contributed by atoms with Crippen LogP contribution in [0.5, 0.6) is 0 Å². The zero-order valence-electron chi connectivity index (χ0n) is 20.2. The topological polar surface area (TPSA) is 82.2 Å². The highest BCUT2D eigenvalue weighted by molar-refractivity contribution is 6.21. The Morgan fingerprint density at radius 3 is 2.53 bits per heavy atom. The molecule has 0 unspecified atom stereocenters. The minimum absolute atomic E-state index is 0.180. The Kier molecular flexibility index (Phi) is 6.07. The van der Waals surface area contributed by atoms with E-state index in [-0.39, 0.29) is 17.9 Å². The number of rotatable bonds is 8. The largest absolute Gasteiger partial charge is 0.341 e. The molecule has 1 atom stereocenters. The Morgan fingerprint density at radius 1 is 0.944 bits per heavy atom. The SMILES string of the molecule is O=C1c2ccccc2C(=O)N1CCCCN(Cc1nc2ccccc2[nH]1)[C@H]1CCCc2cccnc21. The number of benzene rings is 2. The molecule has 0 saturated heterocycles. The second-order valence-corrected chi connectivity index (χ2v) is 9.64. The van der Waals surface area contributed by atoms with Gasteiger partial charge < -0.3 is 4.98 Å². The molecule has 0 radical (unpaired) electrons. The number of aromatic amines is 1. The quantitative estimate of drug-likeness (QED) is 0.287. The number of hydrogen-bond acceptors (Lipinski definition) is 5. The van der Waals surface area contributed by atoms with E-state index in [9.17, 15) is 9.59 Å². The molecule has 2 amide bonds. The Morgan fingerprint density at radius 2 is 1.72 bits per heavy atom. The van der Waals surface area contributed by atoms with Crippen LogP contribution >= 0.6 is 0 Å². The van der Waals surface area contributed by atoms with Gasteiger partial charge in [0, 0.05) is 12.7 Å². The maximum atomic E-state index is 12.7. The molecule has 2 aromatic carbocycles. The van der Waals surface area contributed by atoms with Gasteiger partial charge >= 0.3 is 0 Å². The number of nitrogens with zero attached hydrogens (tertiary/aromatic N) is 4. The Bertz CT molecular complexity index is 1360. The molecule has 3 heterocycles. The first-order chi connectivity index (χ1) is 17.7. The van der Waals surface area contributed by atoms with E-state index in [1.54, 1.807) is 24.3 Å². The smallest absolute Gasteiger partial charge is 0.261 e. The van der Waals surface area contributed by atoms with E-state index in [4.69, 9.17) is 9.97 Å². The minimum Gasteiger partial charge on any atom is -0.341 e. The van der Waals surface area contributed by atoms with Gasteiger partial charge in [-0.3, -0.25) is 24.4 Å². The molecular weight excluding hydrogens is 450 g/mol. The third-order valence-corrected chi connectivity index (χ3v) is 7.35. The standard InChI is InChI=1S/C29H29N5O2/c35-28-21-11-1-2-12-22(21)29(36)34(28)18-6-5-17-33(19-26-31-23-13-3-4-14-24(23)32-26)25-15-7-9-20-10-8-16-30-27(20)25/h1-4,8,10-14,16,25H,5-7,9,15,17-19H2,(H,31,32)/t25-/m0/s1. The zero-order chi connectivity index (χ0) is 24.5. The summed E-state index contributed by atoms with van der Waals surface area (Å²) in [7, 11) is 0. The first-order valence-corrected chi connectivity index (χ1v) is 12.8. The number of imide groups is 1. The van der Waals surface area contributed by atoms with Crippen molar-refractivity contribution in [1.82, 2.24) is 24.8 Å². The number of carbonyl (C=O) groups excluding carboxylic acids is 2. The molecule has 6 rings (SSSR count). The lowest BCUT2D eigenvalue weighted by molar-refractivity contribution is 0.0648. The second-order valence-electron chi connectivity index (χ2n) is 9.64. The molecule has 2 aromatic heterocycles. The molecule has 0 fully saturated rings. The predicted octanol–water partition coefficient (Wildman–Crippen LogP) is 4.91. The molecule has 1 aliphatic carbocycles. The van der Waals surface area contributed by atoms with Crippen LogP contribution in [0.3, 0.4) is 0 Å². The van der Waals surface area contributed by atoms with Gasteiger partial charge in [-0.1, -0.05) is 30.3 Å². The van der Waals surface area contributed by atoms with Crippen LogP contribution in [0.25, 0.3) is 11.0 Å². The predicted molar refractivity (Wildman–Crippen MR) is 137 cm³/mol. The molecule has 7 nitrogen and oxygen atoms in total. The van der Waals surface area contributed by atoms with Crippen LogP contribution in [0.15, 0.2) is 66.9 Å². The van der Waals surface area contributed by atoms with Crippen molar-refractivity contribution in [2.45, 2.75) is 44.7 Å². The number of amides is 2. The number of nitrogens with one attached hydrogen (secondary N) is 1. The van der Waals surface area contributed by atoms with Gasteiger partial charge in [0.2, 0.25) is 0 Å². The van der Waals surface area contributed by atoms with Crippen molar-refractivity contribution in [2.75, 3.05) is 13.1 Å². The first kappa shape index (κ1) is 22.6. The van der Waals surface area contributed by atoms with E-state index in [2.05, 4.69) is 22.0 Å². The highest BCUT2D eigenvalue weighted by atomic mass is 16.2. The van der Waals surface area contributed by atoms with Crippen LogP contribution in [-0.2, 0) is 13.0 Å². The van der Waals surface area contributed by atoms with Crippen LogP contribution in [0.4, 0.5) is 0 Å². The summed E-state index contributed by atoms with van der Waals surface area (Å²) in [6.45, 7) is 1.97. The summed E-state index contributed by atoms with van der Waals surface area (Å²) in [4.78, 5) is 42.4. The lowest BCUT2D eigenvalue weighted by atomic mass is 9.90. The number of para-hydroxylation sites is 2. The second kappa shape index (κ2) is 9.66. The average molecular weight is 480 g/mol. The third-order valence-electron chi connectivity index (χ3n) is 7.35. The van der Waals surface area contributed by atoms with Gasteiger partial charge in [0.05, 0.1) is 40.4 Å². The highest BCUT2D eigenvalue weighted by Crippen LogP contribution is 2.34. The van der Waals surface area contributed by atoms with Gasteiger partial charge in [0.1, 0.15) is 5.82 Å². The number of aromatic nitrogens is 3. The van der Waals surface area contributed by atoms with E-state index < -0.39 is 0 Å². The number of hydrogen-bond donors (Lipinski definition) is 1. The van der Waals surface area contributed by atoms with E-state index >= 15 is 0 Å². The number of aryl methyl sites for hydroxylation is 1. The normalized spacial score (nSPS) is 17.1. The van der Waals surface area contributed by atoms with E-state index in [0.29, 0.717) is 24.2 Å². The zero-order valence-corrected chi connectivity index (χ0v) is 20.2. The van der Waals surface area contributed by atoms with Crippen molar-refractivity contribution >= 4 is 22.8 Å². The third kappa shape index (κ3) is 4.20. The summed E-state index contributed by atoms with van der Waals surface area (Å²) in [5.74, 6) is 0.583. The van der Waals surface area contributed by atoms with Gasteiger partial charge in [0.15, 0.2) is 0 Å². The highest BCUT2D eigenvalue weighted by Gasteiger charge is 2.34. The number of imidazole rings is 1. The van der Waals surface area contributed by atoms with Crippen LogP contribution in [0.2, 0.25) is 0 Å². The van der Waals surface area contributed by atoms with Gasteiger partial charge in [-0.15, -0.1) is 0 Å². The van der Waals surface area contributed by atoms with Crippen LogP contribution < -0.4 is 0 Å². The fourth-order valence-electron chi connectivity index (χ4n) is 5.59.